The molecule has 2 amide bonds. The Labute approximate surface area is 184 Å². The van der Waals surface area contributed by atoms with Crippen LogP contribution in [-0.4, -0.2) is 40.5 Å². The van der Waals surface area contributed by atoms with E-state index in [1.54, 1.807) is 37.5 Å². The van der Waals surface area contributed by atoms with Crippen LogP contribution in [0, 0.1) is 0 Å². The number of para-hydroxylation sites is 1. The number of ketones is 1. The number of thioether (sulfide) groups is 1. The minimum atomic E-state index is -0.242. The lowest BCUT2D eigenvalue weighted by Crippen LogP contribution is -2.31. The van der Waals surface area contributed by atoms with E-state index in [0.717, 1.165) is 5.56 Å². The fourth-order valence-electron chi connectivity index (χ4n) is 2.84. The Bertz CT molecular complexity index is 1030. The van der Waals surface area contributed by atoms with Crippen molar-refractivity contribution >= 4 is 57.7 Å². The van der Waals surface area contributed by atoms with Gasteiger partial charge in [-0.15, -0.1) is 0 Å². The van der Waals surface area contributed by atoms with Crippen molar-refractivity contribution in [2.24, 2.45) is 0 Å². The molecule has 1 saturated heterocycles. The minimum absolute atomic E-state index is 0.0385. The van der Waals surface area contributed by atoms with Gasteiger partial charge in [-0.25, -0.2) is 0 Å². The lowest BCUT2D eigenvalue weighted by Gasteiger charge is -2.14. The van der Waals surface area contributed by atoms with E-state index in [2.05, 4.69) is 5.32 Å². The molecule has 2 aromatic carbocycles. The average Bonchev–Trinajstić information content (AvgIpc) is 3.00. The van der Waals surface area contributed by atoms with Crippen molar-refractivity contribution in [3.8, 4) is 5.75 Å². The molecule has 154 valence electrons. The molecular weight excluding hydrogens is 420 g/mol. The number of carbonyl (C=O) groups is 3. The van der Waals surface area contributed by atoms with E-state index in [9.17, 15) is 14.4 Å². The third-order valence-corrected chi connectivity index (χ3v) is 5.81. The lowest BCUT2D eigenvalue weighted by atomic mass is 10.1. The quantitative estimate of drug-likeness (QED) is 0.396. The molecule has 0 aliphatic carbocycles. The summed E-state index contributed by atoms with van der Waals surface area (Å²) in [5, 5.41) is 2.76. The first-order valence-electron chi connectivity index (χ1n) is 9.18. The second-order valence-corrected chi connectivity index (χ2v) is 8.18. The number of nitrogens with zero attached hydrogens (tertiary/aromatic N) is 1. The summed E-state index contributed by atoms with van der Waals surface area (Å²) in [7, 11) is 1.57. The molecule has 0 atom stereocenters. The molecule has 1 heterocycles. The van der Waals surface area contributed by atoms with Crippen LogP contribution in [-0.2, 0) is 9.59 Å². The van der Waals surface area contributed by atoms with Crippen LogP contribution >= 0.6 is 24.0 Å². The molecular formula is C22H20N2O4S2. The molecule has 1 fully saturated rings. The van der Waals surface area contributed by atoms with Gasteiger partial charge in [0.2, 0.25) is 5.91 Å². The fraction of sp³-hybridized carbons (Fsp3) is 0.182. The molecule has 6 nitrogen and oxygen atoms in total. The first kappa shape index (κ1) is 21.7. The molecule has 1 aliphatic rings. The number of anilines is 1. The third-order valence-electron chi connectivity index (χ3n) is 4.44. The molecule has 0 bridgehead atoms. The Morgan fingerprint density at radius 3 is 2.53 bits per heavy atom. The number of hydrogen-bond acceptors (Lipinski definition) is 6. The Kier molecular flexibility index (Phi) is 7.02. The van der Waals surface area contributed by atoms with Gasteiger partial charge in [0, 0.05) is 29.8 Å². The predicted molar refractivity (Wildman–Crippen MR) is 123 cm³/mol. The largest absolute Gasteiger partial charge is 0.496 e. The van der Waals surface area contributed by atoms with E-state index in [1.807, 2.05) is 24.3 Å². The van der Waals surface area contributed by atoms with E-state index in [0.29, 0.717) is 26.2 Å². The predicted octanol–water partition coefficient (Wildman–Crippen LogP) is 4.13. The van der Waals surface area contributed by atoms with Crippen molar-refractivity contribution < 1.29 is 19.1 Å². The Hall–Kier alpha value is -2.97. The number of rotatable bonds is 7. The molecule has 0 aromatic heterocycles. The van der Waals surface area contributed by atoms with Crippen LogP contribution in [0.2, 0.25) is 0 Å². The van der Waals surface area contributed by atoms with Gasteiger partial charge >= 0.3 is 0 Å². The molecule has 30 heavy (non-hydrogen) atoms. The standard InChI is InChI=1S/C22H20N2O4S2/c1-14(25)15-7-9-17(10-8-15)23-20(26)11-12-24-21(27)19(30-22(24)29)13-16-5-3-4-6-18(16)28-2/h3-10,13H,11-12H2,1-2H3,(H,23,26)/b19-13+. The zero-order valence-corrected chi connectivity index (χ0v) is 18.1. The Balaban J connectivity index is 1.61. The van der Waals surface area contributed by atoms with Crippen LogP contribution in [0.4, 0.5) is 5.69 Å². The van der Waals surface area contributed by atoms with Gasteiger partial charge in [-0.2, -0.15) is 0 Å². The molecule has 1 N–H and O–H groups in total. The molecule has 1 aliphatic heterocycles. The van der Waals surface area contributed by atoms with E-state index < -0.39 is 0 Å². The number of methoxy groups -OCH3 is 1. The van der Waals surface area contributed by atoms with Gasteiger partial charge < -0.3 is 10.1 Å². The summed E-state index contributed by atoms with van der Waals surface area (Å²) < 4.78 is 5.73. The summed E-state index contributed by atoms with van der Waals surface area (Å²) in [6, 6.07) is 14.0. The number of nitrogens with one attached hydrogen (secondary N) is 1. The molecule has 0 saturated carbocycles. The topological polar surface area (TPSA) is 75.7 Å². The van der Waals surface area contributed by atoms with E-state index >= 15 is 0 Å². The number of benzene rings is 2. The summed E-state index contributed by atoms with van der Waals surface area (Å²) in [6.07, 6.45) is 1.84. The normalized spacial score (nSPS) is 14.9. The van der Waals surface area contributed by atoms with Crippen LogP contribution in [0.5, 0.6) is 5.75 Å². The zero-order chi connectivity index (χ0) is 21.7. The van der Waals surface area contributed by atoms with Crippen molar-refractivity contribution in [2.75, 3.05) is 19.0 Å². The van der Waals surface area contributed by atoms with Crippen molar-refractivity contribution in [1.29, 1.82) is 0 Å². The highest BCUT2D eigenvalue weighted by atomic mass is 32.2. The van der Waals surface area contributed by atoms with Gasteiger partial charge in [-0.3, -0.25) is 19.3 Å². The summed E-state index contributed by atoms with van der Waals surface area (Å²) >= 11 is 6.53. The van der Waals surface area contributed by atoms with E-state index in [4.69, 9.17) is 17.0 Å². The van der Waals surface area contributed by atoms with Gasteiger partial charge in [-0.05, 0) is 43.3 Å². The highest BCUT2D eigenvalue weighted by molar-refractivity contribution is 8.26. The van der Waals surface area contributed by atoms with E-state index in [1.165, 1.54) is 23.6 Å². The third kappa shape index (κ3) is 5.14. The maximum Gasteiger partial charge on any atom is 0.266 e. The van der Waals surface area contributed by atoms with Crippen LogP contribution < -0.4 is 10.1 Å². The lowest BCUT2D eigenvalue weighted by molar-refractivity contribution is -0.122. The van der Waals surface area contributed by atoms with Crippen LogP contribution in [0.25, 0.3) is 6.08 Å². The summed E-state index contributed by atoms with van der Waals surface area (Å²) in [6.45, 7) is 1.67. The van der Waals surface area contributed by atoms with Gasteiger partial charge in [0.15, 0.2) is 5.78 Å². The van der Waals surface area contributed by atoms with Crippen molar-refractivity contribution in [3.05, 3.63) is 64.6 Å². The first-order chi connectivity index (χ1) is 14.4. The number of ether oxygens (including phenoxy) is 1. The number of hydrogen-bond donors (Lipinski definition) is 1. The number of thiocarbonyl (C=S) groups is 1. The van der Waals surface area contributed by atoms with Crippen molar-refractivity contribution in [3.63, 3.8) is 0 Å². The Morgan fingerprint density at radius 1 is 1.17 bits per heavy atom. The number of carbonyl (C=O) groups excluding carboxylic acids is 3. The van der Waals surface area contributed by atoms with Crippen molar-refractivity contribution in [2.45, 2.75) is 13.3 Å². The number of amides is 2. The van der Waals surface area contributed by atoms with Crippen molar-refractivity contribution in [1.82, 2.24) is 4.90 Å². The molecule has 0 unspecified atom stereocenters. The molecule has 0 spiro atoms. The smallest absolute Gasteiger partial charge is 0.266 e. The number of Topliss-reactive ketones (excluding diaryl/α,β-unsaturated/α-hetero) is 1. The molecule has 0 radical (unpaired) electrons. The maximum absolute atomic E-state index is 12.7. The SMILES string of the molecule is COc1ccccc1/C=C1/SC(=S)N(CCC(=O)Nc2ccc(C(C)=O)cc2)C1=O. The van der Waals surface area contributed by atoms with Gasteiger partial charge in [0.25, 0.3) is 5.91 Å². The second kappa shape index (κ2) is 9.69. The summed E-state index contributed by atoms with van der Waals surface area (Å²) in [5.74, 6) is 0.157. The average molecular weight is 441 g/mol. The van der Waals surface area contributed by atoms with Gasteiger partial charge in [0.1, 0.15) is 10.1 Å². The highest BCUT2D eigenvalue weighted by Gasteiger charge is 2.32. The first-order valence-corrected chi connectivity index (χ1v) is 10.4. The monoisotopic (exact) mass is 440 g/mol. The second-order valence-electron chi connectivity index (χ2n) is 6.51. The Morgan fingerprint density at radius 2 is 1.87 bits per heavy atom. The minimum Gasteiger partial charge on any atom is -0.496 e. The van der Waals surface area contributed by atoms with Gasteiger partial charge in [-0.1, -0.05) is 42.2 Å². The van der Waals surface area contributed by atoms with Crippen LogP contribution in [0.15, 0.2) is 53.4 Å². The van der Waals surface area contributed by atoms with E-state index in [-0.39, 0.29) is 30.6 Å². The van der Waals surface area contributed by atoms with Gasteiger partial charge in [0.05, 0.1) is 12.0 Å². The summed E-state index contributed by atoms with van der Waals surface area (Å²) in [5.41, 5.74) is 1.95. The molecule has 3 rings (SSSR count). The van der Waals surface area contributed by atoms with Crippen LogP contribution in [0.3, 0.4) is 0 Å². The summed E-state index contributed by atoms with van der Waals surface area (Å²) in [4.78, 5) is 38.2. The zero-order valence-electron chi connectivity index (χ0n) is 16.5. The maximum atomic E-state index is 12.7. The fourth-order valence-corrected chi connectivity index (χ4v) is 4.14. The molecule has 8 heteroatoms. The highest BCUT2D eigenvalue weighted by Crippen LogP contribution is 2.34. The molecule has 2 aromatic rings. The van der Waals surface area contributed by atoms with Crippen LogP contribution in [0.1, 0.15) is 29.3 Å².